The Bertz CT molecular complexity index is 737. The SMILES string of the molecule is COc1cccc2c1C[C@H]1CC(=O)C(CC[C@@H](O)CO[Si](C)(C)C(C)(C)C)[C@H]1C2. The molecule has 1 N–H and O–H groups in total. The van der Waals surface area contributed by atoms with E-state index in [9.17, 15) is 9.90 Å². The van der Waals surface area contributed by atoms with Crippen molar-refractivity contribution in [1.29, 1.82) is 0 Å². The Kier molecular flexibility index (Phi) is 6.61. The molecular formula is C24H38O4Si. The van der Waals surface area contributed by atoms with Crippen molar-refractivity contribution in [1.82, 2.24) is 0 Å². The van der Waals surface area contributed by atoms with Gasteiger partial charge in [-0.3, -0.25) is 4.79 Å². The van der Waals surface area contributed by atoms with Crippen LogP contribution in [0.15, 0.2) is 18.2 Å². The topological polar surface area (TPSA) is 55.8 Å². The van der Waals surface area contributed by atoms with E-state index in [0.29, 0.717) is 37.1 Å². The summed E-state index contributed by atoms with van der Waals surface area (Å²) in [4.78, 5) is 12.8. The molecule has 0 aromatic heterocycles. The lowest BCUT2D eigenvalue weighted by Crippen LogP contribution is -2.42. The minimum Gasteiger partial charge on any atom is -0.496 e. The lowest BCUT2D eigenvalue weighted by atomic mass is 9.73. The van der Waals surface area contributed by atoms with E-state index in [2.05, 4.69) is 39.9 Å². The van der Waals surface area contributed by atoms with E-state index in [4.69, 9.17) is 9.16 Å². The molecule has 2 aliphatic carbocycles. The number of aliphatic hydroxyl groups excluding tert-OH is 1. The van der Waals surface area contributed by atoms with Gasteiger partial charge >= 0.3 is 0 Å². The quantitative estimate of drug-likeness (QED) is 0.648. The summed E-state index contributed by atoms with van der Waals surface area (Å²) < 4.78 is 11.7. The fraction of sp³-hybridized carbons (Fsp3) is 0.708. The molecule has 1 saturated carbocycles. The van der Waals surface area contributed by atoms with Gasteiger partial charge in [0, 0.05) is 12.3 Å². The predicted molar refractivity (Wildman–Crippen MR) is 119 cm³/mol. The van der Waals surface area contributed by atoms with E-state index in [1.807, 2.05) is 12.1 Å². The second kappa shape index (κ2) is 8.52. The zero-order valence-electron chi connectivity index (χ0n) is 19.0. The van der Waals surface area contributed by atoms with Gasteiger partial charge in [0.15, 0.2) is 8.32 Å². The van der Waals surface area contributed by atoms with Crippen LogP contribution in [0.4, 0.5) is 0 Å². The van der Waals surface area contributed by atoms with Crippen LogP contribution in [0.1, 0.15) is 51.2 Å². The summed E-state index contributed by atoms with van der Waals surface area (Å²) in [5, 5.41) is 10.7. The molecule has 29 heavy (non-hydrogen) atoms. The van der Waals surface area contributed by atoms with Crippen LogP contribution >= 0.6 is 0 Å². The van der Waals surface area contributed by atoms with Crippen LogP contribution in [0.5, 0.6) is 5.75 Å². The standard InChI is InChI=1S/C24H38O4Si/c1-24(2,3)29(5,6)28-15-18(25)10-11-19-20-12-16-8-7-9-23(27-4)21(16)13-17(20)14-22(19)26/h7-9,17-20,25H,10-15H2,1-6H3/t17-,18+,19?,20-/m0/s1. The molecule has 5 heteroatoms. The number of ether oxygens (including phenoxy) is 1. The smallest absolute Gasteiger partial charge is 0.192 e. The molecule has 0 bridgehead atoms. The Hall–Kier alpha value is -1.17. The van der Waals surface area contributed by atoms with E-state index in [1.165, 1.54) is 11.1 Å². The van der Waals surface area contributed by atoms with Gasteiger partial charge in [-0.15, -0.1) is 0 Å². The third-order valence-corrected chi connectivity index (χ3v) is 12.1. The highest BCUT2D eigenvalue weighted by atomic mass is 28.4. The molecule has 4 nitrogen and oxygen atoms in total. The van der Waals surface area contributed by atoms with E-state index < -0.39 is 14.4 Å². The van der Waals surface area contributed by atoms with Crippen molar-refractivity contribution in [2.24, 2.45) is 17.8 Å². The fourth-order valence-corrected chi connectivity index (χ4v) is 5.80. The normalized spacial score (nSPS) is 25.5. The molecule has 162 valence electrons. The molecule has 0 saturated heterocycles. The number of hydrogen-bond donors (Lipinski definition) is 1. The van der Waals surface area contributed by atoms with Crippen molar-refractivity contribution in [2.75, 3.05) is 13.7 Å². The van der Waals surface area contributed by atoms with E-state index in [1.54, 1.807) is 7.11 Å². The molecule has 0 amide bonds. The van der Waals surface area contributed by atoms with Crippen molar-refractivity contribution < 1.29 is 19.1 Å². The van der Waals surface area contributed by atoms with Crippen LogP contribution in [0.3, 0.4) is 0 Å². The van der Waals surface area contributed by atoms with Crippen LogP contribution < -0.4 is 4.74 Å². The predicted octanol–water partition coefficient (Wildman–Crippen LogP) is 4.78. The highest BCUT2D eigenvalue weighted by Crippen LogP contribution is 2.46. The maximum absolute atomic E-state index is 12.8. The van der Waals surface area contributed by atoms with Gasteiger partial charge in [0.2, 0.25) is 0 Å². The summed E-state index contributed by atoms with van der Waals surface area (Å²) in [5.41, 5.74) is 2.61. The number of Topliss-reactive ketones (excluding diaryl/α,β-unsaturated/α-hetero) is 1. The van der Waals surface area contributed by atoms with Crippen molar-refractivity contribution in [3.63, 3.8) is 0 Å². The van der Waals surface area contributed by atoms with Gasteiger partial charge in [-0.05, 0) is 72.8 Å². The maximum Gasteiger partial charge on any atom is 0.192 e. The van der Waals surface area contributed by atoms with Gasteiger partial charge in [-0.25, -0.2) is 0 Å². The van der Waals surface area contributed by atoms with Crippen molar-refractivity contribution in [3.05, 3.63) is 29.3 Å². The zero-order valence-corrected chi connectivity index (χ0v) is 20.0. The second-order valence-electron chi connectivity index (χ2n) is 10.5. The van der Waals surface area contributed by atoms with E-state index in [0.717, 1.165) is 25.0 Å². The molecule has 4 atom stereocenters. The van der Waals surface area contributed by atoms with Crippen LogP contribution in [0.2, 0.25) is 18.1 Å². The van der Waals surface area contributed by atoms with E-state index >= 15 is 0 Å². The first-order chi connectivity index (χ1) is 13.5. The number of rotatable bonds is 7. The first-order valence-electron chi connectivity index (χ1n) is 11.0. The summed E-state index contributed by atoms with van der Waals surface area (Å²) in [7, 11) is -0.137. The molecule has 0 heterocycles. The molecule has 2 aliphatic rings. The third-order valence-electron chi connectivity index (χ3n) is 7.62. The molecule has 0 radical (unpaired) electrons. The van der Waals surface area contributed by atoms with Crippen LogP contribution in [-0.2, 0) is 22.1 Å². The van der Waals surface area contributed by atoms with Crippen LogP contribution in [0.25, 0.3) is 0 Å². The molecule has 3 rings (SSSR count). The summed E-state index contributed by atoms with van der Waals surface area (Å²) in [6.07, 6.45) is 3.46. The number of carbonyl (C=O) groups excluding carboxylic acids is 1. The molecule has 1 fully saturated rings. The number of fused-ring (bicyclic) bond motifs is 2. The highest BCUT2D eigenvalue weighted by Gasteiger charge is 2.45. The molecule has 1 aromatic carbocycles. The zero-order chi connectivity index (χ0) is 21.4. The number of carbonyl (C=O) groups is 1. The number of hydrogen-bond acceptors (Lipinski definition) is 4. The van der Waals surface area contributed by atoms with Gasteiger partial charge in [-0.2, -0.15) is 0 Å². The highest BCUT2D eigenvalue weighted by molar-refractivity contribution is 6.74. The van der Waals surface area contributed by atoms with E-state index in [-0.39, 0.29) is 11.0 Å². The lowest BCUT2D eigenvalue weighted by molar-refractivity contribution is -0.121. The van der Waals surface area contributed by atoms with Gasteiger partial charge < -0.3 is 14.3 Å². The van der Waals surface area contributed by atoms with Gasteiger partial charge in [0.1, 0.15) is 11.5 Å². The second-order valence-corrected chi connectivity index (χ2v) is 15.3. The number of ketones is 1. The monoisotopic (exact) mass is 418 g/mol. The Balaban J connectivity index is 1.58. The maximum atomic E-state index is 12.8. The first kappa shape index (κ1) is 22.5. The van der Waals surface area contributed by atoms with Crippen molar-refractivity contribution in [2.45, 2.75) is 77.1 Å². The summed E-state index contributed by atoms with van der Waals surface area (Å²) in [5.74, 6) is 2.22. The van der Waals surface area contributed by atoms with Crippen molar-refractivity contribution in [3.8, 4) is 5.75 Å². The lowest BCUT2D eigenvalue weighted by Gasteiger charge is -2.37. The molecular weight excluding hydrogens is 380 g/mol. The average molecular weight is 419 g/mol. The summed E-state index contributed by atoms with van der Waals surface area (Å²) in [6, 6.07) is 6.24. The third kappa shape index (κ3) is 4.78. The molecule has 0 aliphatic heterocycles. The number of methoxy groups -OCH3 is 1. The molecule has 1 aromatic rings. The minimum atomic E-state index is -1.86. The molecule has 0 spiro atoms. The minimum absolute atomic E-state index is 0.0712. The Morgan fingerprint density at radius 1 is 1.21 bits per heavy atom. The first-order valence-corrected chi connectivity index (χ1v) is 13.9. The van der Waals surface area contributed by atoms with Gasteiger partial charge in [0.25, 0.3) is 0 Å². The Labute approximate surface area is 177 Å². The molecule has 1 unspecified atom stereocenters. The Morgan fingerprint density at radius 2 is 1.93 bits per heavy atom. The summed E-state index contributed by atoms with van der Waals surface area (Å²) in [6.45, 7) is 11.4. The number of benzene rings is 1. The average Bonchev–Trinajstić information content (AvgIpc) is 2.95. The van der Waals surface area contributed by atoms with Gasteiger partial charge in [-0.1, -0.05) is 32.9 Å². The Morgan fingerprint density at radius 3 is 2.59 bits per heavy atom. The number of aliphatic hydroxyl groups is 1. The fourth-order valence-electron chi connectivity index (χ4n) is 4.75. The summed E-state index contributed by atoms with van der Waals surface area (Å²) >= 11 is 0. The van der Waals surface area contributed by atoms with Crippen molar-refractivity contribution >= 4 is 14.1 Å². The van der Waals surface area contributed by atoms with Crippen LogP contribution in [-0.4, -0.2) is 39.0 Å². The largest absolute Gasteiger partial charge is 0.496 e. The van der Waals surface area contributed by atoms with Crippen LogP contribution in [0, 0.1) is 17.8 Å². The van der Waals surface area contributed by atoms with Gasteiger partial charge in [0.05, 0.1) is 19.8 Å².